The number of benzene rings is 4. The summed E-state index contributed by atoms with van der Waals surface area (Å²) in [5.74, 6) is 1.68. The molecule has 0 aliphatic carbocycles. The number of carbonyl (C=O) groups excluding carboxylic acids is 1. The fourth-order valence-corrected chi connectivity index (χ4v) is 7.34. The number of ether oxygens (including phenoxy) is 4. The average molecular weight is 749 g/mol. The molecule has 4 aromatic carbocycles. The monoisotopic (exact) mass is 748 g/mol. The molecule has 2 aliphatic heterocycles. The lowest BCUT2D eigenvalue weighted by molar-refractivity contribution is -0.0974. The van der Waals surface area contributed by atoms with Crippen LogP contribution in [0.15, 0.2) is 108 Å². The second-order valence-corrected chi connectivity index (χ2v) is 14.1. The minimum atomic E-state index is -0.802. The number of pyridine rings is 1. The molecule has 2 fully saturated rings. The largest absolute Gasteiger partial charge is 0.506 e. The number of alkyl carbamates (subject to hydrolysis) is 1. The summed E-state index contributed by atoms with van der Waals surface area (Å²) < 4.78 is 24.0. The number of phenols is 1. The van der Waals surface area contributed by atoms with Gasteiger partial charge in [-0.3, -0.25) is 4.79 Å². The lowest BCUT2D eigenvalue weighted by atomic mass is 9.86. The molecule has 2 aliphatic rings. The molecule has 55 heavy (non-hydrogen) atoms. The van der Waals surface area contributed by atoms with Gasteiger partial charge in [0.25, 0.3) is 0 Å². The molecule has 3 unspecified atom stereocenters. The first-order valence-electron chi connectivity index (χ1n) is 18.9. The van der Waals surface area contributed by atoms with Crippen LogP contribution in [0.25, 0.3) is 10.9 Å². The van der Waals surface area contributed by atoms with Gasteiger partial charge in [-0.15, -0.1) is 0 Å². The Bertz CT molecular complexity index is 2070. The van der Waals surface area contributed by atoms with Gasteiger partial charge in [0.05, 0.1) is 37.5 Å². The van der Waals surface area contributed by atoms with E-state index < -0.39 is 18.2 Å². The number of aliphatic hydroxyl groups excluding tert-OH is 1. The minimum absolute atomic E-state index is 0.0342. The number of amides is 1. The number of carbonyl (C=O) groups is 1. The van der Waals surface area contributed by atoms with Crippen LogP contribution >= 0.6 is 0 Å². The number of hydrogen-bond donors (Lipinski definition) is 6. The highest BCUT2D eigenvalue weighted by molar-refractivity contribution is 5.87. The molecule has 2 bridgehead atoms. The number of H-pyrrole nitrogens is 1. The van der Waals surface area contributed by atoms with Crippen LogP contribution in [0.2, 0.25) is 0 Å². The summed E-state index contributed by atoms with van der Waals surface area (Å²) in [7, 11) is 0. The number of rotatable bonds is 16. The molecule has 0 saturated carbocycles. The molecule has 2 saturated heterocycles. The van der Waals surface area contributed by atoms with E-state index in [0.717, 1.165) is 48.4 Å². The van der Waals surface area contributed by atoms with Crippen molar-refractivity contribution in [3.8, 4) is 17.2 Å². The summed E-state index contributed by atoms with van der Waals surface area (Å²) in [4.78, 5) is 27.6. The van der Waals surface area contributed by atoms with Gasteiger partial charge in [-0.2, -0.15) is 0 Å². The molecule has 12 nitrogen and oxygen atoms in total. The van der Waals surface area contributed by atoms with Crippen molar-refractivity contribution in [1.29, 1.82) is 0 Å². The molecule has 1 amide bonds. The molecule has 3 heterocycles. The van der Waals surface area contributed by atoms with E-state index in [-0.39, 0.29) is 29.2 Å². The first-order chi connectivity index (χ1) is 26.9. The number of aromatic hydroxyl groups is 1. The summed E-state index contributed by atoms with van der Waals surface area (Å²) in [5.41, 5.74) is 3.41. The Labute approximate surface area is 319 Å². The van der Waals surface area contributed by atoms with Crippen LogP contribution in [0.3, 0.4) is 0 Å². The molecule has 5 aromatic rings. The van der Waals surface area contributed by atoms with Gasteiger partial charge in [-0.25, -0.2) is 4.79 Å². The maximum absolute atomic E-state index is 13.3. The number of aromatic nitrogens is 1. The van der Waals surface area contributed by atoms with Gasteiger partial charge in [0.2, 0.25) is 5.56 Å². The van der Waals surface area contributed by atoms with E-state index in [1.54, 1.807) is 12.1 Å². The third-order valence-electron chi connectivity index (χ3n) is 10.2. The van der Waals surface area contributed by atoms with Gasteiger partial charge in [0.1, 0.15) is 30.0 Å². The maximum atomic E-state index is 13.3. The highest BCUT2D eigenvalue weighted by atomic mass is 16.6. The van der Waals surface area contributed by atoms with Gasteiger partial charge in [0.15, 0.2) is 0 Å². The van der Waals surface area contributed by atoms with Crippen LogP contribution in [0, 0.1) is 11.8 Å². The van der Waals surface area contributed by atoms with Crippen molar-refractivity contribution in [2.24, 2.45) is 11.8 Å². The van der Waals surface area contributed by atoms with Crippen molar-refractivity contribution in [2.45, 2.75) is 37.7 Å². The van der Waals surface area contributed by atoms with Crippen molar-refractivity contribution >= 4 is 17.0 Å². The maximum Gasteiger partial charge on any atom is 0.408 e. The van der Waals surface area contributed by atoms with E-state index in [2.05, 4.69) is 20.9 Å². The Morgan fingerprint density at radius 3 is 2.44 bits per heavy atom. The van der Waals surface area contributed by atoms with Gasteiger partial charge < -0.3 is 50.1 Å². The smallest absolute Gasteiger partial charge is 0.408 e. The molecular weight excluding hydrogens is 700 g/mol. The Morgan fingerprint density at radius 2 is 1.62 bits per heavy atom. The molecule has 0 spiro atoms. The van der Waals surface area contributed by atoms with E-state index >= 15 is 0 Å². The zero-order valence-corrected chi connectivity index (χ0v) is 30.6. The van der Waals surface area contributed by atoms with Crippen LogP contribution in [0.4, 0.5) is 4.79 Å². The predicted octanol–water partition coefficient (Wildman–Crippen LogP) is 5.34. The molecule has 0 radical (unpaired) electrons. The van der Waals surface area contributed by atoms with Gasteiger partial charge in [-0.1, -0.05) is 60.7 Å². The first-order valence-corrected chi connectivity index (χ1v) is 18.9. The van der Waals surface area contributed by atoms with Gasteiger partial charge in [-0.05, 0) is 78.0 Å². The van der Waals surface area contributed by atoms with Crippen molar-refractivity contribution < 1.29 is 34.0 Å². The van der Waals surface area contributed by atoms with Crippen molar-refractivity contribution in [2.75, 3.05) is 46.0 Å². The highest BCUT2D eigenvalue weighted by Crippen LogP contribution is 2.30. The topological polar surface area (TPSA) is 163 Å². The normalized spacial score (nSPS) is 19.0. The number of nitrogens with one attached hydrogen (secondary N) is 4. The van der Waals surface area contributed by atoms with Crippen molar-refractivity contribution in [1.82, 2.24) is 20.9 Å². The number of unbranched alkanes of at least 4 members (excludes halogenated alkanes) is 1. The van der Waals surface area contributed by atoms with Crippen LogP contribution in [0.5, 0.6) is 17.2 Å². The average Bonchev–Trinajstić information content (AvgIpc) is 3.19. The van der Waals surface area contributed by atoms with Gasteiger partial charge in [0, 0.05) is 42.9 Å². The minimum Gasteiger partial charge on any atom is -0.506 e. The zero-order valence-electron chi connectivity index (χ0n) is 30.6. The molecule has 12 heteroatoms. The lowest BCUT2D eigenvalue weighted by Crippen LogP contribution is -2.56. The van der Waals surface area contributed by atoms with Crippen LogP contribution in [-0.4, -0.2) is 73.4 Å². The van der Waals surface area contributed by atoms with E-state index in [1.165, 1.54) is 12.1 Å². The Hall–Kier alpha value is -5.40. The van der Waals surface area contributed by atoms with E-state index in [9.17, 15) is 19.8 Å². The molecule has 288 valence electrons. The number of fused-ring (bicyclic) bond motifs is 3. The van der Waals surface area contributed by atoms with Crippen molar-refractivity contribution in [3.63, 3.8) is 0 Å². The molecule has 7 rings (SSSR count). The van der Waals surface area contributed by atoms with Crippen molar-refractivity contribution in [3.05, 3.63) is 136 Å². The van der Waals surface area contributed by atoms with Gasteiger partial charge >= 0.3 is 6.09 Å². The fraction of sp³-hybridized carbons (Fsp3) is 0.349. The lowest BCUT2D eigenvalue weighted by Gasteiger charge is -2.41. The second kappa shape index (κ2) is 18.3. The third kappa shape index (κ3) is 9.83. The fourth-order valence-electron chi connectivity index (χ4n) is 7.34. The van der Waals surface area contributed by atoms with E-state index in [0.29, 0.717) is 61.7 Å². The number of piperidine rings is 1. The predicted molar refractivity (Wildman–Crippen MR) is 208 cm³/mol. The second-order valence-electron chi connectivity index (χ2n) is 14.1. The van der Waals surface area contributed by atoms with E-state index in [4.69, 9.17) is 18.9 Å². The summed E-state index contributed by atoms with van der Waals surface area (Å²) in [6.45, 7) is 4.60. The highest BCUT2D eigenvalue weighted by Gasteiger charge is 2.40. The third-order valence-corrected chi connectivity index (χ3v) is 10.2. The Morgan fingerprint density at radius 1 is 0.855 bits per heavy atom. The molecule has 4 atom stereocenters. The SMILES string of the molecule is O=C(NC(c1ccccc1)c1cccc(OCc2cccc(OCCCCNC[C@H](O)c3ccc(O)c4[nH]c(=O)ccc34)c2)c1)OC1C2CNCC1COC2. The number of hydrogen-bond acceptors (Lipinski definition) is 10. The number of phenolic OH excluding ortho intramolecular Hbond substituents is 1. The Balaban J connectivity index is 0.874. The summed E-state index contributed by atoms with van der Waals surface area (Å²) in [6.07, 6.45) is 0.232. The standard InChI is InChI=1S/C43H48N4O8/c48-37-16-14-35(36-15-17-39(50)46-41(36)37)38(49)24-44-18-4-5-19-53-33-12-6-8-28(20-33)25-54-34-13-7-11-30(21-34)40(29-9-2-1-3-10-29)47-43(51)55-42-31-22-45-23-32(42)27-52-26-31/h1-3,6-17,20-21,31-32,38,40,42,44-45,48-49H,4-5,18-19,22-27H2,(H,46,50)(H,47,51)/t31?,32?,38-,40?,42?/m0/s1. The zero-order chi connectivity index (χ0) is 38.0. The quantitative estimate of drug-likeness (QED) is 0.0726. The number of aromatic amines is 1. The molecule has 6 N–H and O–H groups in total. The number of aliphatic hydroxyl groups is 1. The van der Waals surface area contributed by atoms with Crippen LogP contribution in [0.1, 0.15) is 47.2 Å². The van der Waals surface area contributed by atoms with E-state index in [1.807, 2.05) is 78.9 Å². The summed E-state index contributed by atoms with van der Waals surface area (Å²) >= 11 is 0. The van der Waals surface area contributed by atoms with Crippen LogP contribution in [-0.2, 0) is 16.1 Å². The summed E-state index contributed by atoms with van der Waals surface area (Å²) in [6, 6.07) is 31.1. The molecular formula is C43H48N4O8. The Kier molecular flexibility index (Phi) is 12.6. The van der Waals surface area contributed by atoms with Crippen LogP contribution < -0.4 is 31.0 Å². The molecule has 1 aromatic heterocycles. The first kappa shape index (κ1) is 37.9. The summed E-state index contributed by atoms with van der Waals surface area (Å²) in [5, 5.41) is 31.3.